The molecule has 0 aromatic carbocycles. The Hall–Kier alpha value is -1.71. The molecule has 0 aliphatic carbocycles. The Morgan fingerprint density at radius 1 is 1.50 bits per heavy atom. The SMILES string of the molecule is CC(C)OCCCNC(=O)C(C#N)C(=O)c1ccsc1. The van der Waals surface area contributed by atoms with E-state index in [0.29, 0.717) is 25.1 Å². The molecule has 1 unspecified atom stereocenters. The molecule has 5 nitrogen and oxygen atoms in total. The summed E-state index contributed by atoms with van der Waals surface area (Å²) >= 11 is 1.36. The maximum Gasteiger partial charge on any atom is 0.245 e. The number of nitriles is 1. The van der Waals surface area contributed by atoms with Gasteiger partial charge in [0, 0.05) is 24.1 Å². The number of ketones is 1. The number of carbonyl (C=O) groups excluding carboxylic acids is 2. The Morgan fingerprint density at radius 2 is 2.25 bits per heavy atom. The largest absolute Gasteiger partial charge is 0.379 e. The number of thiophene rings is 1. The van der Waals surface area contributed by atoms with Crippen molar-refractivity contribution in [3.63, 3.8) is 0 Å². The lowest BCUT2D eigenvalue weighted by Gasteiger charge is -2.10. The van der Waals surface area contributed by atoms with E-state index in [1.54, 1.807) is 22.9 Å². The van der Waals surface area contributed by atoms with Gasteiger partial charge >= 0.3 is 0 Å². The van der Waals surface area contributed by atoms with Crippen molar-refractivity contribution in [1.82, 2.24) is 5.32 Å². The number of hydrogen-bond acceptors (Lipinski definition) is 5. The molecular weight excluding hydrogens is 276 g/mol. The molecule has 1 N–H and O–H groups in total. The fourth-order valence-electron chi connectivity index (χ4n) is 1.51. The van der Waals surface area contributed by atoms with E-state index >= 15 is 0 Å². The van der Waals surface area contributed by atoms with Gasteiger partial charge < -0.3 is 10.1 Å². The molecular formula is C14H18N2O3S. The Morgan fingerprint density at radius 3 is 2.80 bits per heavy atom. The second kappa shape index (κ2) is 8.46. The quantitative estimate of drug-likeness (QED) is 0.452. The van der Waals surface area contributed by atoms with Gasteiger partial charge in [-0.15, -0.1) is 0 Å². The van der Waals surface area contributed by atoms with Crippen molar-refractivity contribution in [3.8, 4) is 6.07 Å². The van der Waals surface area contributed by atoms with Crippen LogP contribution in [0.15, 0.2) is 16.8 Å². The molecule has 20 heavy (non-hydrogen) atoms. The summed E-state index contributed by atoms with van der Waals surface area (Å²) < 4.78 is 5.33. The second-order valence-corrected chi connectivity index (χ2v) is 5.28. The van der Waals surface area contributed by atoms with E-state index in [-0.39, 0.29) is 6.10 Å². The zero-order valence-corrected chi connectivity index (χ0v) is 12.4. The molecule has 0 aliphatic rings. The summed E-state index contributed by atoms with van der Waals surface area (Å²) in [6.45, 7) is 4.79. The third kappa shape index (κ3) is 5.11. The normalized spacial score (nSPS) is 11.9. The molecule has 0 aliphatic heterocycles. The summed E-state index contributed by atoms with van der Waals surface area (Å²) in [6, 6.07) is 3.37. The van der Waals surface area contributed by atoms with E-state index in [9.17, 15) is 9.59 Å². The van der Waals surface area contributed by atoms with E-state index in [4.69, 9.17) is 10.00 Å². The van der Waals surface area contributed by atoms with Crippen molar-refractivity contribution in [2.24, 2.45) is 5.92 Å². The lowest BCUT2D eigenvalue weighted by molar-refractivity contribution is -0.122. The molecule has 6 heteroatoms. The maximum absolute atomic E-state index is 12.0. The van der Waals surface area contributed by atoms with E-state index in [1.165, 1.54) is 11.3 Å². The summed E-state index contributed by atoms with van der Waals surface area (Å²) in [5.41, 5.74) is 0.403. The highest BCUT2D eigenvalue weighted by atomic mass is 32.1. The molecule has 0 saturated heterocycles. The predicted molar refractivity (Wildman–Crippen MR) is 76.5 cm³/mol. The first-order chi connectivity index (χ1) is 9.56. The molecule has 0 saturated carbocycles. The fourth-order valence-corrected chi connectivity index (χ4v) is 2.16. The van der Waals surface area contributed by atoms with Crippen molar-refractivity contribution in [1.29, 1.82) is 5.26 Å². The molecule has 0 spiro atoms. The van der Waals surface area contributed by atoms with Gasteiger partial charge in [0.2, 0.25) is 5.91 Å². The molecule has 1 rings (SSSR count). The minimum Gasteiger partial charge on any atom is -0.379 e. The molecule has 1 amide bonds. The van der Waals surface area contributed by atoms with Gasteiger partial charge in [0.15, 0.2) is 11.7 Å². The average molecular weight is 294 g/mol. The van der Waals surface area contributed by atoms with Crippen LogP contribution >= 0.6 is 11.3 Å². The summed E-state index contributed by atoms with van der Waals surface area (Å²) in [5, 5.41) is 15.0. The number of nitrogens with zero attached hydrogens (tertiary/aromatic N) is 1. The third-order valence-corrected chi connectivity index (χ3v) is 3.21. The first-order valence-electron chi connectivity index (χ1n) is 6.41. The van der Waals surface area contributed by atoms with Crippen LogP contribution in [0.4, 0.5) is 0 Å². The summed E-state index contributed by atoms with van der Waals surface area (Å²) in [5.74, 6) is -2.28. The lowest BCUT2D eigenvalue weighted by Crippen LogP contribution is -2.35. The van der Waals surface area contributed by atoms with Gasteiger partial charge in [-0.3, -0.25) is 9.59 Å². The van der Waals surface area contributed by atoms with Gasteiger partial charge in [-0.25, -0.2) is 0 Å². The third-order valence-electron chi connectivity index (χ3n) is 2.53. The van der Waals surface area contributed by atoms with E-state index in [2.05, 4.69) is 5.32 Å². The van der Waals surface area contributed by atoms with Crippen LogP contribution in [0.5, 0.6) is 0 Å². The molecule has 0 fully saturated rings. The van der Waals surface area contributed by atoms with E-state index in [1.807, 2.05) is 13.8 Å². The molecule has 108 valence electrons. The molecule has 1 aromatic heterocycles. The van der Waals surface area contributed by atoms with Crippen LogP contribution in [0.25, 0.3) is 0 Å². The standard InChI is InChI=1S/C14H18N2O3S/c1-10(2)19-6-3-5-16-14(18)12(8-15)13(17)11-4-7-20-9-11/h4,7,9-10,12H,3,5-6H2,1-2H3,(H,16,18). The van der Waals surface area contributed by atoms with Crippen molar-refractivity contribution in [2.75, 3.05) is 13.2 Å². The van der Waals surface area contributed by atoms with Gasteiger partial charge in [0.1, 0.15) is 0 Å². The minimum absolute atomic E-state index is 0.151. The van der Waals surface area contributed by atoms with Crippen molar-refractivity contribution in [3.05, 3.63) is 22.4 Å². The lowest BCUT2D eigenvalue weighted by atomic mass is 10.0. The van der Waals surface area contributed by atoms with Crippen molar-refractivity contribution in [2.45, 2.75) is 26.4 Å². The van der Waals surface area contributed by atoms with Crippen LogP contribution in [0.1, 0.15) is 30.6 Å². The van der Waals surface area contributed by atoms with Gasteiger partial charge in [-0.1, -0.05) is 0 Å². The molecule has 0 bridgehead atoms. The highest BCUT2D eigenvalue weighted by Crippen LogP contribution is 2.12. The number of amides is 1. The monoisotopic (exact) mass is 294 g/mol. The average Bonchev–Trinajstić information content (AvgIpc) is 2.92. The topological polar surface area (TPSA) is 79.2 Å². The Kier molecular flexibility index (Phi) is 6.91. The van der Waals surface area contributed by atoms with Gasteiger partial charge in [0.25, 0.3) is 0 Å². The number of ether oxygens (including phenoxy) is 1. The van der Waals surface area contributed by atoms with E-state index in [0.717, 1.165) is 0 Å². The van der Waals surface area contributed by atoms with Crippen LogP contribution in [0.2, 0.25) is 0 Å². The number of rotatable bonds is 8. The highest BCUT2D eigenvalue weighted by Gasteiger charge is 2.27. The first-order valence-corrected chi connectivity index (χ1v) is 7.36. The van der Waals surface area contributed by atoms with E-state index < -0.39 is 17.6 Å². The van der Waals surface area contributed by atoms with Crippen molar-refractivity contribution >= 4 is 23.0 Å². The van der Waals surface area contributed by atoms with Crippen LogP contribution in [-0.4, -0.2) is 30.9 Å². The number of hydrogen-bond donors (Lipinski definition) is 1. The molecule has 0 radical (unpaired) electrons. The summed E-state index contributed by atoms with van der Waals surface area (Å²) in [4.78, 5) is 23.8. The minimum atomic E-state index is -1.28. The Balaban J connectivity index is 2.40. The van der Waals surface area contributed by atoms with Crippen LogP contribution < -0.4 is 5.32 Å². The number of Topliss-reactive ketones (excluding diaryl/α,β-unsaturated/α-hetero) is 1. The van der Waals surface area contributed by atoms with Gasteiger partial charge in [-0.05, 0) is 31.7 Å². The zero-order valence-electron chi connectivity index (χ0n) is 11.6. The van der Waals surface area contributed by atoms with Crippen LogP contribution in [0.3, 0.4) is 0 Å². The highest BCUT2D eigenvalue weighted by molar-refractivity contribution is 7.08. The smallest absolute Gasteiger partial charge is 0.245 e. The second-order valence-electron chi connectivity index (χ2n) is 4.50. The molecule has 1 heterocycles. The summed E-state index contributed by atoms with van der Waals surface area (Å²) in [7, 11) is 0. The first kappa shape index (κ1) is 16.3. The Bertz CT molecular complexity index is 477. The molecule has 1 aromatic rings. The number of nitrogens with one attached hydrogen (secondary N) is 1. The zero-order chi connectivity index (χ0) is 15.0. The van der Waals surface area contributed by atoms with Crippen LogP contribution in [-0.2, 0) is 9.53 Å². The molecule has 1 atom stereocenters. The number of carbonyl (C=O) groups is 2. The summed E-state index contributed by atoms with van der Waals surface area (Å²) in [6.07, 6.45) is 0.798. The van der Waals surface area contributed by atoms with Crippen LogP contribution in [0, 0.1) is 17.2 Å². The Labute approximate surface area is 122 Å². The predicted octanol–water partition coefficient (Wildman–Crippen LogP) is 2.00. The van der Waals surface area contributed by atoms with Crippen molar-refractivity contribution < 1.29 is 14.3 Å². The maximum atomic E-state index is 12.0. The fraction of sp³-hybridized carbons (Fsp3) is 0.500. The van der Waals surface area contributed by atoms with Gasteiger partial charge in [-0.2, -0.15) is 16.6 Å². The van der Waals surface area contributed by atoms with Gasteiger partial charge in [0.05, 0.1) is 12.2 Å².